The fourth-order valence-electron chi connectivity index (χ4n) is 6.33. The van der Waals surface area contributed by atoms with Crippen LogP contribution >= 0.6 is 0 Å². The molecule has 24 nitrogen and oxygen atoms in total. The number of carbonyl (C=O) groups is 7. The van der Waals surface area contributed by atoms with Crippen molar-refractivity contribution in [1.82, 2.24) is 36.9 Å². The number of aliphatic imine (C=N–C) groups is 1. The Morgan fingerprint density at radius 1 is 0.896 bits per heavy atom. The van der Waals surface area contributed by atoms with Gasteiger partial charge in [-0.2, -0.15) is 13.5 Å². The molecule has 1 aliphatic heterocycles. The molecule has 25 heteroatoms. The maximum atomic E-state index is 13.8. The van der Waals surface area contributed by atoms with Crippen molar-refractivity contribution in [2.75, 3.05) is 31.7 Å². The maximum Gasteiger partial charge on any atom is 0.305 e. The normalized spacial score (nSPS) is 18.5. The number of nitrogens with one attached hydrogen (secondary N) is 7. The zero-order valence-electron chi connectivity index (χ0n) is 36.6. The molecule has 0 spiro atoms. The van der Waals surface area contributed by atoms with Crippen LogP contribution in [0.25, 0.3) is 0 Å². The number of carboxylic acids is 1. The lowest BCUT2D eigenvalue weighted by molar-refractivity contribution is -0.141. The van der Waals surface area contributed by atoms with Gasteiger partial charge >= 0.3 is 5.97 Å². The first-order chi connectivity index (χ1) is 31.8. The van der Waals surface area contributed by atoms with E-state index in [2.05, 4.69) is 52.4 Å². The van der Waals surface area contributed by atoms with Gasteiger partial charge in [-0.15, -0.1) is 0 Å². The summed E-state index contributed by atoms with van der Waals surface area (Å²) >= 11 is 0. The Morgan fingerprint density at radius 3 is 2.25 bits per heavy atom. The Kier molecular flexibility index (Phi) is 19.5. The van der Waals surface area contributed by atoms with E-state index in [1.807, 2.05) is 0 Å². The number of carboxylic acid groups (broad SMARTS) is 1. The van der Waals surface area contributed by atoms with Gasteiger partial charge in [-0.25, -0.2) is 4.98 Å². The highest BCUT2D eigenvalue weighted by Gasteiger charge is 2.34. The molecule has 0 bridgehead atoms. The second-order valence-electron chi connectivity index (χ2n) is 15.4. The van der Waals surface area contributed by atoms with E-state index in [0.29, 0.717) is 17.7 Å². The summed E-state index contributed by atoms with van der Waals surface area (Å²) in [5, 5.41) is 28.7. The van der Waals surface area contributed by atoms with Crippen LogP contribution in [0.4, 0.5) is 5.82 Å². The smallest absolute Gasteiger partial charge is 0.305 e. The Bertz CT molecular complexity index is 2410. The van der Waals surface area contributed by atoms with E-state index in [4.69, 9.17) is 16.2 Å². The number of amides is 6. The number of aliphatic carboxylic acids is 1. The summed E-state index contributed by atoms with van der Waals surface area (Å²) in [7, 11) is -4.45. The fraction of sp³-hybridized carbons (Fsp3) is 0.381. The van der Waals surface area contributed by atoms with Gasteiger partial charge in [0.25, 0.3) is 16.0 Å². The van der Waals surface area contributed by atoms with Gasteiger partial charge in [-0.1, -0.05) is 44.2 Å². The molecule has 2 unspecified atom stereocenters. The minimum absolute atomic E-state index is 0.0473. The number of anilines is 1. The maximum absolute atomic E-state index is 13.8. The van der Waals surface area contributed by atoms with Gasteiger partial charge in [0.15, 0.2) is 5.96 Å². The highest BCUT2D eigenvalue weighted by Crippen LogP contribution is 2.16. The molecule has 1 aromatic heterocycles. The van der Waals surface area contributed by atoms with Crippen molar-refractivity contribution in [3.63, 3.8) is 0 Å². The molecule has 4 atom stereocenters. The topological polar surface area (TPSA) is 377 Å². The SMILES string of the molecule is CC(C)C1NC(=O)C(CCCN=C(N)N)NC(=O)CNC(=O)[C@@H](CC(=O)O)NC(=O)[C@@H](Cc2ccc(OCCCNC(=O)c3ccc(NN=Cc4ccccc4S(=O)(=O)O)nc3)cc2)NC1=O. The van der Waals surface area contributed by atoms with Crippen LogP contribution in [0.3, 0.4) is 0 Å². The molecule has 360 valence electrons. The lowest BCUT2D eigenvalue weighted by Crippen LogP contribution is -2.59. The molecule has 0 saturated carbocycles. The molecular weight excluding hydrogens is 897 g/mol. The monoisotopic (exact) mass is 950 g/mol. The van der Waals surface area contributed by atoms with Crippen molar-refractivity contribution >= 4 is 69.5 Å². The van der Waals surface area contributed by atoms with Gasteiger partial charge in [0.1, 0.15) is 40.6 Å². The molecule has 67 heavy (non-hydrogen) atoms. The number of carbonyl (C=O) groups excluding carboxylic acids is 6. The minimum Gasteiger partial charge on any atom is -0.494 e. The van der Waals surface area contributed by atoms with Crippen LogP contribution in [-0.4, -0.2) is 127 Å². The Labute approximate surface area is 385 Å². The molecule has 1 saturated heterocycles. The number of nitrogens with zero attached hydrogens (tertiary/aromatic N) is 3. The van der Waals surface area contributed by atoms with Crippen LogP contribution < -0.4 is 53.5 Å². The number of guanidine groups is 1. The predicted octanol–water partition coefficient (Wildman–Crippen LogP) is -1.23. The molecule has 4 rings (SSSR count). The molecule has 0 aliphatic carbocycles. The zero-order chi connectivity index (χ0) is 49.1. The van der Waals surface area contributed by atoms with Crippen LogP contribution in [0.1, 0.15) is 61.0 Å². The summed E-state index contributed by atoms with van der Waals surface area (Å²) in [4.78, 5) is 99.1. The average Bonchev–Trinajstić information content (AvgIpc) is 3.27. The Morgan fingerprint density at radius 2 is 1.60 bits per heavy atom. The van der Waals surface area contributed by atoms with E-state index < -0.39 is 94.6 Å². The summed E-state index contributed by atoms with van der Waals surface area (Å²) < 4.78 is 38.3. The number of aromatic nitrogens is 1. The number of hydrogen-bond acceptors (Lipinski definition) is 14. The number of benzene rings is 2. The number of hydrogen-bond donors (Lipinski definition) is 11. The molecule has 2 aromatic carbocycles. The molecule has 2 heterocycles. The summed E-state index contributed by atoms with van der Waals surface area (Å²) in [6.45, 7) is 3.25. The average molecular weight is 951 g/mol. The van der Waals surface area contributed by atoms with Crippen molar-refractivity contribution in [3.8, 4) is 5.75 Å². The number of nitrogens with two attached hydrogens (primary N) is 2. The second kappa shape index (κ2) is 25.1. The van der Waals surface area contributed by atoms with Crippen molar-refractivity contribution in [2.24, 2.45) is 27.5 Å². The van der Waals surface area contributed by atoms with Crippen molar-refractivity contribution < 1.29 is 56.4 Å². The first-order valence-electron chi connectivity index (χ1n) is 20.9. The van der Waals surface area contributed by atoms with E-state index in [-0.39, 0.29) is 66.8 Å². The molecule has 0 radical (unpaired) electrons. The van der Waals surface area contributed by atoms with E-state index in [9.17, 15) is 51.6 Å². The van der Waals surface area contributed by atoms with Gasteiger partial charge in [-0.05, 0) is 61.1 Å². The standard InChI is InChI=1S/C42H54N12O12S/c1-24(2)36-41(62)52-30(40(61)51-31(20-35(56)57)38(59)48-23-34(55)50-29(39(60)53-36)8-5-16-46-42(43)44)19-25-10-13-28(14-11-25)66-18-6-17-45-37(58)27-12-15-33(47-21-27)54-49-22-26-7-3-4-9-32(26)67(63,64)65/h3-4,7,9-15,21-22,24,29-31,36H,5-6,8,16-20,23H2,1-2H3,(H,45,58)(H,47,54)(H,48,59)(H,50,55)(H,51,61)(H,52,62)(H,53,60)(H,56,57)(H4,43,44,46)(H,63,64,65)/t29?,30-,31-,36?/m1/s1. The van der Waals surface area contributed by atoms with Gasteiger partial charge in [0.2, 0.25) is 29.5 Å². The van der Waals surface area contributed by atoms with E-state index in [1.165, 1.54) is 42.7 Å². The number of ether oxygens (including phenoxy) is 1. The Balaban J connectivity index is 1.36. The third-order valence-electron chi connectivity index (χ3n) is 9.76. The lowest BCUT2D eigenvalue weighted by atomic mass is 9.99. The molecule has 1 aliphatic rings. The summed E-state index contributed by atoms with van der Waals surface area (Å²) in [5.74, 6) is -5.97. The van der Waals surface area contributed by atoms with Crippen molar-refractivity contribution in [1.29, 1.82) is 0 Å². The highest BCUT2D eigenvalue weighted by atomic mass is 32.2. The van der Waals surface area contributed by atoms with E-state index >= 15 is 0 Å². The molecule has 3 aromatic rings. The van der Waals surface area contributed by atoms with E-state index in [0.717, 1.165) is 0 Å². The van der Waals surface area contributed by atoms with Crippen LogP contribution in [0.15, 0.2) is 81.8 Å². The second-order valence-corrected chi connectivity index (χ2v) is 16.7. The van der Waals surface area contributed by atoms with Crippen LogP contribution in [0.2, 0.25) is 0 Å². The zero-order valence-corrected chi connectivity index (χ0v) is 37.4. The minimum atomic E-state index is -4.45. The highest BCUT2D eigenvalue weighted by molar-refractivity contribution is 7.86. The van der Waals surface area contributed by atoms with Crippen LogP contribution in [-0.2, 0) is 45.3 Å². The van der Waals surface area contributed by atoms with Gasteiger partial charge in [-0.3, -0.25) is 48.5 Å². The van der Waals surface area contributed by atoms with Crippen molar-refractivity contribution in [3.05, 3.63) is 83.6 Å². The van der Waals surface area contributed by atoms with Crippen LogP contribution in [0.5, 0.6) is 5.75 Å². The Hall–Kier alpha value is -7.67. The fourth-order valence-corrected chi connectivity index (χ4v) is 7.00. The third kappa shape index (κ3) is 17.3. The number of hydrazone groups is 1. The summed E-state index contributed by atoms with van der Waals surface area (Å²) in [6.07, 6.45) is 2.25. The van der Waals surface area contributed by atoms with Gasteiger partial charge in [0, 0.05) is 31.3 Å². The molecule has 1 fully saturated rings. The summed E-state index contributed by atoms with van der Waals surface area (Å²) in [6, 6.07) is 9.85. The van der Waals surface area contributed by atoms with Crippen LogP contribution in [0, 0.1) is 5.92 Å². The third-order valence-corrected chi connectivity index (χ3v) is 10.7. The van der Waals surface area contributed by atoms with E-state index in [1.54, 1.807) is 44.2 Å². The molecule has 6 amide bonds. The first kappa shape index (κ1) is 52.0. The number of pyridine rings is 1. The molecular formula is C42H54N12O12S. The number of rotatable bonds is 19. The summed E-state index contributed by atoms with van der Waals surface area (Å²) in [5.41, 5.74) is 14.3. The van der Waals surface area contributed by atoms with Gasteiger partial charge in [0.05, 0.1) is 31.4 Å². The largest absolute Gasteiger partial charge is 0.494 e. The quantitative estimate of drug-likeness (QED) is 0.0220. The van der Waals surface area contributed by atoms with Crippen molar-refractivity contribution in [2.45, 2.75) is 75.0 Å². The molecule has 13 N–H and O–H groups in total. The van der Waals surface area contributed by atoms with Gasteiger partial charge < -0.3 is 53.2 Å². The predicted molar refractivity (Wildman–Crippen MR) is 242 cm³/mol. The first-order valence-corrected chi connectivity index (χ1v) is 22.3. The lowest BCUT2D eigenvalue weighted by Gasteiger charge is -2.27.